The van der Waals surface area contributed by atoms with Gasteiger partial charge in [-0.05, 0) is 25.8 Å². The van der Waals surface area contributed by atoms with E-state index in [2.05, 4.69) is 10.2 Å². The van der Waals surface area contributed by atoms with Gasteiger partial charge >= 0.3 is 0 Å². The van der Waals surface area contributed by atoms with Gasteiger partial charge in [0.2, 0.25) is 5.91 Å². The van der Waals surface area contributed by atoms with Crippen molar-refractivity contribution in [1.29, 1.82) is 0 Å². The highest BCUT2D eigenvalue weighted by Gasteiger charge is 2.17. The zero-order valence-electron chi connectivity index (χ0n) is 9.54. The Labute approximate surface area is 91.6 Å². The molecule has 1 saturated carbocycles. The highest BCUT2D eigenvalue weighted by molar-refractivity contribution is 5.77. The molecular formula is C11H22N2O2. The van der Waals surface area contributed by atoms with Crippen LogP contribution in [0, 0.1) is 5.92 Å². The van der Waals surface area contributed by atoms with Crippen LogP contribution in [-0.2, 0) is 4.79 Å². The summed E-state index contributed by atoms with van der Waals surface area (Å²) in [5.41, 5.74) is 0. The molecule has 0 atom stereocenters. The van der Waals surface area contributed by atoms with Crippen molar-refractivity contribution in [3.8, 4) is 0 Å². The van der Waals surface area contributed by atoms with Crippen molar-refractivity contribution < 1.29 is 9.90 Å². The fraction of sp³-hybridized carbons (Fsp3) is 0.909. The quantitative estimate of drug-likeness (QED) is 0.665. The molecule has 4 nitrogen and oxygen atoms in total. The number of carbonyl (C=O) groups excluding carboxylic acids is 1. The Kier molecular flexibility index (Phi) is 5.65. The van der Waals surface area contributed by atoms with Crippen LogP contribution in [-0.4, -0.2) is 49.2 Å². The summed E-state index contributed by atoms with van der Waals surface area (Å²) in [5.74, 6) is 0.783. The molecule has 1 aliphatic carbocycles. The SMILES string of the molecule is CN(CC(=O)NCCO)CC1CCCC1. The van der Waals surface area contributed by atoms with Crippen molar-refractivity contribution in [2.75, 3.05) is 33.3 Å². The molecule has 1 rings (SSSR count). The van der Waals surface area contributed by atoms with Crippen LogP contribution < -0.4 is 5.32 Å². The number of nitrogens with zero attached hydrogens (tertiary/aromatic N) is 1. The zero-order valence-corrected chi connectivity index (χ0v) is 9.54. The smallest absolute Gasteiger partial charge is 0.234 e. The van der Waals surface area contributed by atoms with Gasteiger partial charge in [0.15, 0.2) is 0 Å². The molecule has 0 aromatic carbocycles. The Bertz CT molecular complexity index is 191. The maximum Gasteiger partial charge on any atom is 0.234 e. The van der Waals surface area contributed by atoms with Crippen LogP contribution in [0.2, 0.25) is 0 Å². The summed E-state index contributed by atoms with van der Waals surface area (Å²) >= 11 is 0. The lowest BCUT2D eigenvalue weighted by Crippen LogP contribution is -2.38. The highest BCUT2D eigenvalue weighted by Crippen LogP contribution is 2.24. The first kappa shape index (κ1) is 12.5. The average Bonchev–Trinajstić information content (AvgIpc) is 2.67. The largest absolute Gasteiger partial charge is 0.395 e. The number of likely N-dealkylation sites (N-methyl/N-ethyl adjacent to an activating group) is 1. The van der Waals surface area contributed by atoms with Crippen molar-refractivity contribution in [3.05, 3.63) is 0 Å². The normalized spacial score (nSPS) is 17.3. The summed E-state index contributed by atoms with van der Waals surface area (Å²) in [6.07, 6.45) is 5.30. The monoisotopic (exact) mass is 214 g/mol. The van der Waals surface area contributed by atoms with E-state index in [1.807, 2.05) is 7.05 Å². The fourth-order valence-corrected chi connectivity index (χ4v) is 2.19. The van der Waals surface area contributed by atoms with Crippen molar-refractivity contribution in [1.82, 2.24) is 10.2 Å². The van der Waals surface area contributed by atoms with Gasteiger partial charge in [-0.15, -0.1) is 0 Å². The van der Waals surface area contributed by atoms with Gasteiger partial charge in [-0.25, -0.2) is 0 Å². The number of hydrogen-bond acceptors (Lipinski definition) is 3. The second-order valence-electron chi connectivity index (χ2n) is 4.42. The van der Waals surface area contributed by atoms with Gasteiger partial charge in [-0.3, -0.25) is 9.69 Å². The van der Waals surface area contributed by atoms with Gasteiger partial charge in [0, 0.05) is 13.1 Å². The lowest BCUT2D eigenvalue weighted by Gasteiger charge is -2.19. The molecule has 1 fully saturated rings. The van der Waals surface area contributed by atoms with E-state index in [0.29, 0.717) is 13.1 Å². The standard InChI is InChI=1S/C11H22N2O2/c1-13(8-10-4-2-3-5-10)9-11(15)12-6-7-14/h10,14H,2-9H2,1H3,(H,12,15). The molecule has 0 aromatic rings. The summed E-state index contributed by atoms with van der Waals surface area (Å²) < 4.78 is 0. The molecule has 0 bridgehead atoms. The minimum absolute atomic E-state index is 0.00421. The molecule has 4 heteroatoms. The third-order valence-electron chi connectivity index (χ3n) is 2.89. The van der Waals surface area contributed by atoms with Crippen molar-refractivity contribution in [2.45, 2.75) is 25.7 Å². The number of rotatable bonds is 6. The molecule has 2 N–H and O–H groups in total. The van der Waals surface area contributed by atoms with Crippen LogP contribution in [0.3, 0.4) is 0 Å². The fourth-order valence-electron chi connectivity index (χ4n) is 2.19. The van der Waals surface area contributed by atoms with Gasteiger partial charge in [-0.1, -0.05) is 12.8 Å². The first-order chi connectivity index (χ1) is 7.22. The molecule has 0 aliphatic heterocycles. The minimum Gasteiger partial charge on any atom is -0.395 e. The Morgan fingerprint density at radius 2 is 2.13 bits per heavy atom. The number of aliphatic hydroxyl groups is 1. The molecule has 15 heavy (non-hydrogen) atoms. The van der Waals surface area contributed by atoms with Crippen molar-refractivity contribution in [3.63, 3.8) is 0 Å². The van der Waals surface area contributed by atoms with E-state index in [-0.39, 0.29) is 12.5 Å². The predicted molar refractivity (Wildman–Crippen MR) is 59.6 cm³/mol. The molecular weight excluding hydrogens is 192 g/mol. The highest BCUT2D eigenvalue weighted by atomic mass is 16.3. The van der Waals surface area contributed by atoms with Gasteiger partial charge in [0.1, 0.15) is 0 Å². The number of nitrogens with one attached hydrogen (secondary N) is 1. The number of carbonyl (C=O) groups is 1. The molecule has 0 aromatic heterocycles. The Morgan fingerprint density at radius 1 is 1.47 bits per heavy atom. The van der Waals surface area contributed by atoms with E-state index < -0.39 is 0 Å². The first-order valence-corrected chi connectivity index (χ1v) is 5.78. The van der Waals surface area contributed by atoms with E-state index in [1.54, 1.807) is 0 Å². The summed E-state index contributed by atoms with van der Waals surface area (Å²) in [7, 11) is 1.98. The molecule has 0 saturated heterocycles. The lowest BCUT2D eigenvalue weighted by molar-refractivity contribution is -0.122. The minimum atomic E-state index is 0.00421. The molecule has 0 heterocycles. The molecule has 1 amide bonds. The van der Waals surface area contributed by atoms with Crippen LogP contribution in [0.1, 0.15) is 25.7 Å². The van der Waals surface area contributed by atoms with Crippen LogP contribution in [0.25, 0.3) is 0 Å². The van der Waals surface area contributed by atoms with E-state index in [1.165, 1.54) is 25.7 Å². The topological polar surface area (TPSA) is 52.6 Å². The molecule has 1 aliphatic rings. The number of aliphatic hydroxyl groups excluding tert-OH is 1. The van der Waals surface area contributed by atoms with Gasteiger partial charge in [0.25, 0.3) is 0 Å². The maximum absolute atomic E-state index is 11.3. The third-order valence-corrected chi connectivity index (χ3v) is 2.89. The maximum atomic E-state index is 11.3. The molecule has 88 valence electrons. The van der Waals surface area contributed by atoms with E-state index >= 15 is 0 Å². The summed E-state index contributed by atoms with van der Waals surface area (Å²) in [4.78, 5) is 13.4. The number of hydrogen-bond donors (Lipinski definition) is 2. The van der Waals surface area contributed by atoms with Gasteiger partial charge in [-0.2, -0.15) is 0 Å². The molecule has 0 unspecified atom stereocenters. The summed E-state index contributed by atoms with van der Waals surface area (Å²) in [6, 6.07) is 0. The molecule has 0 radical (unpaired) electrons. The first-order valence-electron chi connectivity index (χ1n) is 5.78. The lowest BCUT2D eigenvalue weighted by atomic mass is 10.1. The summed E-state index contributed by atoms with van der Waals surface area (Å²) in [5, 5.41) is 11.2. The third kappa shape index (κ3) is 5.14. The Morgan fingerprint density at radius 3 is 2.73 bits per heavy atom. The van der Waals surface area contributed by atoms with E-state index in [4.69, 9.17) is 5.11 Å². The zero-order chi connectivity index (χ0) is 11.1. The summed E-state index contributed by atoms with van der Waals surface area (Å²) in [6.45, 7) is 1.83. The van der Waals surface area contributed by atoms with E-state index in [9.17, 15) is 4.79 Å². The Hall–Kier alpha value is -0.610. The average molecular weight is 214 g/mol. The van der Waals surface area contributed by atoms with Gasteiger partial charge in [0.05, 0.1) is 13.2 Å². The number of amides is 1. The molecule has 0 spiro atoms. The van der Waals surface area contributed by atoms with Crippen LogP contribution >= 0.6 is 0 Å². The second kappa shape index (κ2) is 6.80. The van der Waals surface area contributed by atoms with E-state index in [0.717, 1.165) is 12.5 Å². The van der Waals surface area contributed by atoms with Crippen LogP contribution in [0.4, 0.5) is 0 Å². The Balaban J connectivity index is 2.11. The predicted octanol–water partition coefficient (Wildman–Crippen LogP) is 0.217. The van der Waals surface area contributed by atoms with Crippen LogP contribution in [0.15, 0.2) is 0 Å². The van der Waals surface area contributed by atoms with Crippen molar-refractivity contribution >= 4 is 5.91 Å². The van der Waals surface area contributed by atoms with Crippen LogP contribution in [0.5, 0.6) is 0 Å². The van der Waals surface area contributed by atoms with Gasteiger partial charge < -0.3 is 10.4 Å². The second-order valence-corrected chi connectivity index (χ2v) is 4.42. The van der Waals surface area contributed by atoms with Crippen molar-refractivity contribution in [2.24, 2.45) is 5.92 Å².